The number of benzene rings is 9. The maximum atomic E-state index is 2.47. The topological polar surface area (TPSA) is 9.86 Å². The molecule has 0 unspecified atom stereocenters. The summed E-state index contributed by atoms with van der Waals surface area (Å²) >= 11 is 1.87. The molecule has 0 N–H and O–H groups in total. The molecule has 3 heterocycles. The molecule has 0 spiro atoms. The van der Waals surface area contributed by atoms with Gasteiger partial charge in [0.25, 0.3) is 0 Å². The van der Waals surface area contributed by atoms with Gasteiger partial charge in [0.15, 0.2) is 0 Å². The van der Waals surface area contributed by atoms with Gasteiger partial charge in [0, 0.05) is 53.1 Å². The number of thiophene rings is 1. The van der Waals surface area contributed by atoms with E-state index in [2.05, 4.69) is 215 Å². The molecule has 266 valence electrons. The van der Waals surface area contributed by atoms with Crippen LogP contribution >= 0.6 is 11.3 Å². The third-order valence-corrected chi connectivity index (χ3v) is 12.9. The zero-order valence-corrected chi connectivity index (χ0v) is 31.7. The average Bonchev–Trinajstić information content (AvgIpc) is 3.93. The van der Waals surface area contributed by atoms with Crippen molar-refractivity contribution in [1.29, 1.82) is 0 Å². The molecular formula is C54H34N2S. The number of nitrogens with zero attached hydrogens (tertiary/aromatic N) is 2. The Morgan fingerprint density at radius 3 is 1.32 bits per heavy atom. The minimum Gasteiger partial charge on any atom is -0.309 e. The largest absolute Gasteiger partial charge is 0.309 e. The molecule has 9 aromatic carbocycles. The van der Waals surface area contributed by atoms with Crippen molar-refractivity contribution in [3.63, 3.8) is 0 Å². The first-order chi connectivity index (χ1) is 28.2. The van der Waals surface area contributed by atoms with Gasteiger partial charge < -0.3 is 9.13 Å². The van der Waals surface area contributed by atoms with Gasteiger partial charge in [0.05, 0.1) is 22.1 Å². The molecule has 2 nitrogen and oxygen atoms in total. The first kappa shape index (κ1) is 32.1. The van der Waals surface area contributed by atoms with Crippen LogP contribution in [0, 0.1) is 0 Å². The smallest absolute Gasteiger partial charge is 0.0548 e. The fraction of sp³-hybridized carbons (Fsp3) is 0. The third kappa shape index (κ3) is 5.10. The van der Waals surface area contributed by atoms with Crippen molar-refractivity contribution >= 4 is 75.1 Å². The van der Waals surface area contributed by atoms with Gasteiger partial charge in [-0.25, -0.2) is 0 Å². The lowest BCUT2D eigenvalue weighted by Crippen LogP contribution is -1.95. The van der Waals surface area contributed by atoms with Crippen LogP contribution in [0.1, 0.15) is 0 Å². The van der Waals surface area contributed by atoms with Crippen molar-refractivity contribution in [2.75, 3.05) is 0 Å². The van der Waals surface area contributed by atoms with Crippen molar-refractivity contribution in [3.8, 4) is 44.8 Å². The molecule has 0 fully saturated rings. The van der Waals surface area contributed by atoms with E-state index in [0.29, 0.717) is 0 Å². The predicted molar refractivity (Wildman–Crippen MR) is 244 cm³/mol. The van der Waals surface area contributed by atoms with E-state index in [1.54, 1.807) is 0 Å². The van der Waals surface area contributed by atoms with E-state index in [1.165, 1.54) is 103 Å². The van der Waals surface area contributed by atoms with Crippen LogP contribution in [-0.4, -0.2) is 9.13 Å². The normalized spacial score (nSPS) is 11.9. The number of fused-ring (bicyclic) bond motifs is 9. The highest BCUT2D eigenvalue weighted by molar-refractivity contribution is 7.25. The molecule has 0 radical (unpaired) electrons. The molecule has 0 aliphatic rings. The van der Waals surface area contributed by atoms with Gasteiger partial charge in [-0.15, -0.1) is 11.3 Å². The van der Waals surface area contributed by atoms with Crippen LogP contribution < -0.4 is 0 Å². The molecule has 0 atom stereocenters. The summed E-state index contributed by atoms with van der Waals surface area (Å²) in [5.41, 5.74) is 14.5. The average molecular weight is 743 g/mol. The van der Waals surface area contributed by atoms with Gasteiger partial charge in [0.2, 0.25) is 0 Å². The Morgan fingerprint density at radius 2 is 0.684 bits per heavy atom. The van der Waals surface area contributed by atoms with Crippen LogP contribution in [-0.2, 0) is 0 Å². The zero-order chi connectivity index (χ0) is 37.5. The maximum Gasteiger partial charge on any atom is 0.0548 e. The lowest BCUT2D eigenvalue weighted by Gasteiger charge is -2.11. The van der Waals surface area contributed by atoms with E-state index in [9.17, 15) is 0 Å². The van der Waals surface area contributed by atoms with Crippen molar-refractivity contribution in [2.45, 2.75) is 0 Å². The van der Waals surface area contributed by atoms with Gasteiger partial charge in [-0.2, -0.15) is 0 Å². The van der Waals surface area contributed by atoms with Crippen LogP contribution in [0.4, 0.5) is 0 Å². The van der Waals surface area contributed by atoms with Crippen LogP contribution in [0.15, 0.2) is 206 Å². The minimum atomic E-state index is 1.15. The second-order valence-electron chi connectivity index (χ2n) is 14.9. The number of rotatable bonds is 5. The molecule has 0 aliphatic carbocycles. The van der Waals surface area contributed by atoms with Gasteiger partial charge >= 0.3 is 0 Å². The fourth-order valence-corrected chi connectivity index (χ4v) is 10.1. The van der Waals surface area contributed by atoms with Gasteiger partial charge in [0.1, 0.15) is 0 Å². The molecule has 0 amide bonds. The molecule has 0 aliphatic heterocycles. The van der Waals surface area contributed by atoms with Crippen molar-refractivity contribution < 1.29 is 0 Å². The molecular weight excluding hydrogens is 709 g/mol. The molecule has 0 saturated heterocycles. The van der Waals surface area contributed by atoms with Crippen molar-refractivity contribution in [2.24, 2.45) is 0 Å². The van der Waals surface area contributed by atoms with Gasteiger partial charge in [-0.05, 0) is 100 Å². The van der Waals surface area contributed by atoms with E-state index in [4.69, 9.17) is 0 Å². The van der Waals surface area contributed by atoms with E-state index in [0.717, 1.165) is 5.69 Å². The molecule has 0 bridgehead atoms. The summed E-state index contributed by atoms with van der Waals surface area (Å²) in [6, 6.07) is 75.7. The highest BCUT2D eigenvalue weighted by Crippen LogP contribution is 2.42. The van der Waals surface area contributed by atoms with Crippen LogP contribution in [0.5, 0.6) is 0 Å². The fourth-order valence-electron chi connectivity index (χ4n) is 9.01. The second-order valence-corrected chi connectivity index (χ2v) is 16.0. The van der Waals surface area contributed by atoms with Gasteiger partial charge in [-0.3, -0.25) is 0 Å². The van der Waals surface area contributed by atoms with Crippen molar-refractivity contribution in [3.05, 3.63) is 206 Å². The van der Waals surface area contributed by atoms with Crippen LogP contribution in [0.2, 0.25) is 0 Å². The van der Waals surface area contributed by atoms with Crippen LogP contribution in [0.25, 0.3) is 109 Å². The molecule has 3 aromatic heterocycles. The summed E-state index contributed by atoms with van der Waals surface area (Å²) in [6.07, 6.45) is 0. The van der Waals surface area contributed by atoms with Gasteiger partial charge in [-0.1, -0.05) is 140 Å². The number of hydrogen-bond acceptors (Lipinski definition) is 1. The first-order valence-corrected chi connectivity index (χ1v) is 20.3. The SMILES string of the molecule is c1ccc(-c2ccc(-c3cccc(-n4c5ccccc5c5cc6c(cc54)c4ccccc4n6-c4ccc5sc6ccc(-c7ccccc7)cc6c5c4)c3)cc2)cc1. The highest BCUT2D eigenvalue weighted by Gasteiger charge is 2.19. The van der Waals surface area contributed by atoms with E-state index < -0.39 is 0 Å². The zero-order valence-electron chi connectivity index (χ0n) is 30.9. The summed E-state index contributed by atoms with van der Waals surface area (Å²) < 4.78 is 7.54. The summed E-state index contributed by atoms with van der Waals surface area (Å²) in [5.74, 6) is 0. The molecule has 12 rings (SSSR count). The quantitative estimate of drug-likeness (QED) is 0.166. The van der Waals surface area contributed by atoms with Crippen LogP contribution in [0.3, 0.4) is 0 Å². The summed E-state index contributed by atoms with van der Waals surface area (Å²) in [4.78, 5) is 0. The highest BCUT2D eigenvalue weighted by atomic mass is 32.1. The van der Waals surface area contributed by atoms with E-state index in [1.807, 2.05) is 11.3 Å². The van der Waals surface area contributed by atoms with E-state index >= 15 is 0 Å². The Balaban J connectivity index is 1.04. The van der Waals surface area contributed by atoms with Crippen molar-refractivity contribution in [1.82, 2.24) is 9.13 Å². The Bertz CT molecular complexity index is 3490. The predicted octanol–water partition coefficient (Wildman–Crippen LogP) is 15.2. The summed E-state index contributed by atoms with van der Waals surface area (Å²) in [5, 5.41) is 7.59. The minimum absolute atomic E-state index is 1.15. The monoisotopic (exact) mass is 742 g/mol. The Labute approximate surface area is 333 Å². The maximum absolute atomic E-state index is 2.47. The molecule has 57 heavy (non-hydrogen) atoms. The Kier molecular flexibility index (Phi) is 7.13. The van der Waals surface area contributed by atoms with E-state index in [-0.39, 0.29) is 0 Å². The number of aromatic nitrogens is 2. The summed E-state index contributed by atoms with van der Waals surface area (Å²) in [6.45, 7) is 0. The third-order valence-electron chi connectivity index (χ3n) is 11.7. The standard InChI is InChI=1S/C54H34N2S/c1-3-12-35(13-4-1)37-22-24-38(25-23-37)39-16-11-17-41(30-39)55-49-20-9-7-18-43(49)45-34-52-46(33-51(45)55)44-19-8-10-21-50(44)56(52)42-27-29-54-48(32-42)47-31-40(26-28-53(47)57-54)36-14-5-2-6-15-36/h1-34H. The molecule has 3 heteroatoms. The number of hydrogen-bond donors (Lipinski definition) is 0. The number of para-hydroxylation sites is 2. The lowest BCUT2D eigenvalue weighted by atomic mass is 10.00. The Hall–Kier alpha value is -7.20. The summed E-state index contributed by atoms with van der Waals surface area (Å²) in [7, 11) is 0. The molecule has 12 aromatic rings. The molecule has 0 saturated carbocycles. The second kappa shape index (κ2) is 12.7. The Morgan fingerprint density at radius 1 is 0.246 bits per heavy atom. The first-order valence-electron chi connectivity index (χ1n) is 19.5. The lowest BCUT2D eigenvalue weighted by molar-refractivity contribution is 1.18.